The average molecular weight is 218 g/mol. The first-order valence-corrected chi connectivity index (χ1v) is 5.97. The van der Waals surface area contributed by atoms with Crippen LogP contribution < -0.4 is 0 Å². The molecule has 2 nitrogen and oxygen atoms in total. The first-order valence-electron chi connectivity index (χ1n) is 5.54. The van der Waals surface area contributed by atoms with E-state index in [0.717, 1.165) is 19.3 Å². The Hall–Kier alpha value is -0.240. The van der Waals surface area contributed by atoms with E-state index in [1.54, 1.807) is 0 Å². The second kappa shape index (κ2) is 5.01. The predicted molar refractivity (Wildman–Crippen MR) is 59.6 cm³/mol. The Labute approximate surface area is 91.6 Å². The topological polar surface area (TPSA) is 20.3 Å². The molecule has 0 bridgehead atoms. The van der Waals surface area contributed by atoms with Crippen molar-refractivity contribution in [1.29, 1.82) is 0 Å². The highest BCUT2D eigenvalue weighted by Gasteiger charge is 2.31. The number of carbonyl (C=O) groups is 1. The number of likely N-dealkylation sites (tertiary alicyclic amines) is 1. The Morgan fingerprint density at radius 3 is 2.36 bits per heavy atom. The molecule has 0 N–H and O–H groups in total. The van der Waals surface area contributed by atoms with Gasteiger partial charge in [0.15, 0.2) is 0 Å². The zero-order valence-electron chi connectivity index (χ0n) is 9.29. The van der Waals surface area contributed by atoms with Crippen LogP contribution in [0.2, 0.25) is 0 Å². The molecule has 1 heterocycles. The third-order valence-corrected chi connectivity index (χ3v) is 3.57. The largest absolute Gasteiger partial charge is 0.336 e. The molecule has 1 rings (SSSR count). The van der Waals surface area contributed by atoms with Gasteiger partial charge >= 0.3 is 0 Å². The zero-order chi connectivity index (χ0) is 10.7. The molecule has 0 aliphatic carbocycles. The van der Waals surface area contributed by atoms with Crippen molar-refractivity contribution in [2.24, 2.45) is 0 Å². The summed E-state index contributed by atoms with van der Waals surface area (Å²) in [5, 5.41) is -0.335. The van der Waals surface area contributed by atoms with E-state index in [0.29, 0.717) is 12.1 Å². The molecular formula is C11H20ClNO. The number of rotatable bonds is 2. The second-order valence-electron chi connectivity index (χ2n) is 4.25. The van der Waals surface area contributed by atoms with Crippen molar-refractivity contribution in [3.8, 4) is 0 Å². The van der Waals surface area contributed by atoms with Gasteiger partial charge in [-0.2, -0.15) is 0 Å². The third kappa shape index (κ3) is 2.41. The van der Waals surface area contributed by atoms with Crippen LogP contribution in [0.3, 0.4) is 0 Å². The van der Waals surface area contributed by atoms with Crippen LogP contribution in [0, 0.1) is 0 Å². The van der Waals surface area contributed by atoms with Gasteiger partial charge < -0.3 is 4.90 Å². The minimum absolute atomic E-state index is 0.119. The van der Waals surface area contributed by atoms with Crippen molar-refractivity contribution in [2.75, 3.05) is 0 Å². The molecule has 1 amide bonds. The molecular weight excluding hydrogens is 198 g/mol. The van der Waals surface area contributed by atoms with Gasteiger partial charge in [-0.05, 0) is 39.5 Å². The second-order valence-corrected chi connectivity index (χ2v) is 4.78. The van der Waals surface area contributed by atoms with Gasteiger partial charge in [0.1, 0.15) is 5.38 Å². The number of carbonyl (C=O) groups excluding carboxylic acids is 1. The first-order chi connectivity index (χ1) is 6.57. The van der Waals surface area contributed by atoms with E-state index in [1.807, 2.05) is 11.8 Å². The Morgan fingerprint density at radius 2 is 1.93 bits per heavy atom. The van der Waals surface area contributed by atoms with Gasteiger partial charge in [0.05, 0.1) is 0 Å². The van der Waals surface area contributed by atoms with E-state index in [9.17, 15) is 4.79 Å². The number of hydrogen-bond donors (Lipinski definition) is 0. The number of nitrogens with zero attached hydrogens (tertiary/aromatic N) is 1. The molecule has 3 heteroatoms. The lowest BCUT2D eigenvalue weighted by Gasteiger charge is -2.40. The summed E-state index contributed by atoms with van der Waals surface area (Å²) in [6.07, 6.45) is 4.17. The maximum atomic E-state index is 11.9. The summed E-state index contributed by atoms with van der Waals surface area (Å²) in [5.41, 5.74) is 0. The first kappa shape index (κ1) is 11.8. The summed E-state index contributed by atoms with van der Waals surface area (Å²) < 4.78 is 0. The molecule has 0 aromatic rings. The Balaban J connectivity index is 2.67. The highest BCUT2D eigenvalue weighted by molar-refractivity contribution is 6.30. The molecule has 0 aromatic heterocycles. The molecule has 1 saturated heterocycles. The summed E-state index contributed by atoms with van der Waals surface area (Å²) >= 11 is 5.99. The molecule has 1 aliphatic rings. The Kier molecular flexibility index (Phi) is 4.24. The lowest BCUT2D eigenvalue weighted by molar-refractivity contribution is -0.136. The smallest absolute Gasteiger partial charge is 0.241 e. The SMILES string of the molecule is CC[C@H](Cl)C(=O)N1[C@H](C)CCC[C@@H]1C. The van der Waals surface area contributed by atoms with Crippen LogP contribution in [0.15, 0.2) is 0 Å². The number of alkyl halides is 1. The van der Waals surface area contributed by atoms with Crippen LogP contribution in [0.1, 0.15) is 46.5 Å². The summed E-state index contributed by atoms with van der Waals surface area (Å²) in [6.45, 7) is 6.19. The van der Waals surface area contributed by atoms with Gasteiger partial charge in [0.2, 0.25) is 5.91 Å². The molecule has 0 saturated carbocycles. The minimum atomic E-state index is -0.335. The fraction of sp³-hybridized carbons (Fsp3) is 0.909. The normalized spacial score (nSPS) is 30.1. The summed E-state index contributed by atoms with van der Waals surface area (Å²) in [7, 11) is 0. The predicted octanol–water partition coefficient (Wildman–Crippen LogP) is 2.79. The monoisotopic (exact) mass is 217 g/mol. The van der Waals surface area contributed by atoms with Gasteiger partial charge in [-0.1, -0.05) is 6.92 Å². The van der Waals surface area contributed by atoms with Crippen LogP contribution in [0.25, 0.3) is 0 Å². The minimum Gasteiger partial charge on any atom is -0.336 e. The Morgan fingerprint density at radius 1 is 1.43 bits per heavy atom. The number of amides is 1. The van der Waals surface area contributed by atoms with Gasteiger partial charge in [0, 0.05) is 12.1 Å². The molecule has 14 heavy (non-hydrogen) atoms. The standard InChI is InChI=1S/C11H20ClNO/c1-4-10(12)11(14)13-8(2)6-5-7-9(13)3/h8-10H,4-7H2,1-3H3/t8-,9+,10-/m0/s1. The lowest BCUT2D eigenvalue weighted by Crippen LogP contribution is -2.50. The molecule has 0 aromatic carbocycles. The van der Waals surface area contributed by atoms with Crippen molar-refractivity contribution in [1.82, 2.24) is 4.90 Å². The van der Waals surface area contributed by atoms with Crippen molar-refractivity contribution >= 4 is 17.5 Å². The average Bonchev–Trinajstić information content (AvgIpc) is 2.16. The van der Waals surface area contributed by atoms with Crippen LogP contribution in [-0.4, -0.2) is 28.3 Å². The lowest BCUT2D eigenvalue weighted by atomic mass is 9.97. The van der Waals surface area contributed by atoms with E-state index in [2.05, 4.69) is 13.8 Å². The summed E-state index contributed by atoms with van der Waals surface area (Å²) in [5.74, 6) is 0.119. The molecule has 0 spiro atoms. The van der Waals surface area contributed by atoms with Crippen LogP contribution in [0.4, 0.5) is 0 Å². The fourth-order valence-electron chi connectivity index (χ4n) is 2.19. The highest BCUT2D eigenvalue weighted by Crippen LogP contribution is 2.24. The van der Waals surface area contributed by atoms with Gasteiger partial charge in [-0.3, -0.25) is 4.79 Å². The van der Waals surface area contributed by atoms with Crippen molar-refractivity contribution in [3.63, 3.8) is 0 Å². The van der Waals surface area contributed by atoms with Gasteiger partial charge in [-0.15, -0.1) is 11.6 Å². The van der Waals surface area contributed by atoms with Crippen LogP contribution in [-0.2, 0) is 4.79 Å². The molecule has 0 unspecified atom stereocenters. The molecule has 0 radical (unpaired) electrons. The van der Waals surface area contributed by atoms with Crippen LogP contribution in [0.5, 0.6) is 0 Å². The van der Waals surface area contributed by atoms with Gasteiger partial charge in [0.25, 0.3) is 0 Å². The zero-order valence-corrected chi connectivity index (χ0v) is 10.0. The molecule has 3 atom stereocenters. The number of halogens is 1. The third-order valence-electron chi connectivity index (χ3n) is 3.07. The van der Waals surface area contributed by atoms with E-state index in [-0.39, 0.29) is 11.3 Å². The van der Waals surface area contributed by atoms with Crippen molar-refractivity contribution in [2.45, 2.75) is 63.9 Å². The van der Waals surface area contributed by atoms with Crippen molar-refractivity contribution in [3.05, 3.63) is 0 Å². The van der Waals surface area contributed by atoms with Crippen molar-refractivity contribution < 1.29 is 4.79 Å². The molecule has 1 aliphatic heterocycles. The fourth-order valence-corrected chi connectivity index (χ4v) is 2.30. The van der Waals surface area contributed by atoms with E-state index in [4.69, 9.17) is 11.6 Å². The number of hydrogen-bond acceptors (Lipinski definition) is 1. The van der Waals surface area contributed by atoms with Crippen LogP contribution >= 0.6 is 11.6 Å². The molecule has 82 valence electrons. The van der Waals surface area contributed by atoms with E-state index in [1.165, 1.54) is 6.42 Å². The van der Waals surface area contributed by atoms with E-state index < -0.39 is 0 Å². The quantitative estimate of drug-likeness (QED) is 0.652. The maximum absolute atomic E-state index is 11.9. The summed E-state index contributed by atoms with van der Waals surface area (Å²) in [4.78, 5) is 13.9. The van der Waals surface area contributed by atoms with E-state index >= 15 is 0 Å². The Bertz CT molecular complexity index is 197. The molecule has 1 fully saturated rings. The highest BCUT2D eigenvalue weighted by atomic mass is 35.5. The summed E-state index contributed by atoms with van der Waals surface area (Å²) in [6, 6.07) is 0.720. The number of piperidine rings is 1. The maximum Gasteiger partial charge on any atom is 0.241 e. The van der Waals surface area contributed by atoms with Gasteiger partial charge in [-0.25, -0.2) is 0 Å².